The molecule has 29 heteroatoms. The molecule has 1 aromatic carbocycles. The number of ether oxygens (including phenoxy) is 1. The van der Waals surface area contributed by atoms with Crippen molar-refractivity contribution in [3.05, 3.63) is 29.3 Å². The Labute approximate surface area is 490 Å². The number of hydrogen-bond donors (Lipinski definition) is 10. The quantitative estimate of drug-likeness (QED) is 0.0227. The molecule has 0 bridgehead atoms. The average Bonchev–Trinajstić information content (AvgIpc) is 0.875. The minimum Gasteiger partial charge on any atom is -0.475 e. The van der Waals surface area contributed by atoms with Gasteiger partial charge in [0.2, 0.25) is 5.91 Å². The van der Waals surface area contributed by atoms with Gasteiger partial charge in [0.25, 0.3) is 0 Å². The standard InChI is InChI=1S/C48H88N6O3.4C2HF3O2/c1-47-30-23-31-48(2,45(55)53-38-24-36-51-34-21-17-13-9-5-3-7-11-15-19-32-49)44(47)29-27-41-26-28-42(40-43(41)47)57-46(56)54-39-25-37-52-35-22-18-14-10-6-4-8-12-16-20-33-50;4*3-2(4,5)1(6)7/h26,28,40,44,51-52H,3-25,27,29-39,49-50H2,1-2H3,(H,53,55)(H,54,56);4*(H,6,7)/t44-,47-,48+;;;;/m1..../s1. The normalized spacial score (nSPS) is 17.2. The van der Waals surface area contributed by atoms with E-state index in [1.165, 1.54) is 140 Å². The van der Waals surface area contributed by atoms with E-state index in [1.807, 2.05) is 6.07 Å². The summed E-state index contributed by atoms with van der Waals surface area (Å²) >= 11 is 0. The first-order chi connectivity index (χ1) is 39.6. The number of halogens is 12. The minimum atomic E-state index is -5.08. The second-order valence-corrected chi connectivity index (χ2v) is 21.2. The lowest BCUT2D eigenvalue weighted by Gasteiger charge is -2.54. The molecular weight excluding hydrogens is 1160 g/mol. The smallest absolute Gasteiger partial charge is 0.475 e. The number of unbranched alkanes of at least 4 members (excludes halogenated alkanes) is 18. The number of nitrogens with one attached hydrogen (secondary N) is 4. The molecule has 496 valence electrons. The minimum absolute atomic E-state index is 0.129. The summed E-state index contributed by atoms with van der Waals surface area (Å²) in [5.41, 5.74) is 13.2. The van der Waals surface area contributed by atoms with Gasteiger partial charge in [0, 0.05) is 13.1 Å². The zero-order valence-electron chi connectivity index (χ0n) is 48.9. The number of benzene rings is 1. The zero-order valence-corrected chi connectivity index (χ0v) is 48.9. The van der Waals surface area contributed by atoms with Crippen LogP contribution in [0.15, 0.2) is 18.2 Å². The van der Waals surface area contributed by atoms with Crippen molar-refractivity contribution in [2.45, 2.75) is 217 Å². The summed E-state index contributed by atoms with van der Waals surface area (Å²) in [6.45, 7) is 11.4. The lowest BCUT2D eigenvalue weighted by Crippen LogP contribution is -2.55. The van der Waals surface area contributed by atoms with Crippen molar-refractivity contribution in [3.8, 4) is 5.75 Å². The molecule has 0 saturated heterocycles. The first-order valence-corrected chi connectivity index (χ1v) is 29.0. The molecule has 1 fully saturated rings. The largest absolute Gasteiger partial charge is 0.490 e. The molecule has 1 saturated carbocycles. The summed E-state index contributed by atoms with van der Waals surface area (Å²) in [7, 11) is 0. The number of nitrogens with two attached hydrogens (primary N) is 2. The number of aryl methyl sites for hydroxylation is 1. The van der Waals surface area contributed by atoms with Gasteiger partial charge in [-0.15, -0.1) is 0 Å². The predicted molar refractivity (Wildman–Crippen MR) is 295 cm³/mol. The number of carboxylic acids is 4. The van der Waals surface area contributed by atoms with Crippen LogP contribution in [0.5, 0.6) is 5.75 Å². The maximum absolute atomic E-state index is 13.9. The van der Waals surface area contributed by atoms with Gasteiger partial charge < -0.3 is 57.9 Å². The van der Waals surface area contributed by atoms with E-state index in [1.54, 1.807) is 0 Å². The molecule has 0 aliphatic heterocycles. The number of rotatable bonds is 34. The second-order valence-electron chi connectivity index (χ2n) is 21.2. The van der Waals surface area contributed by atoms with E-state index in [9.17, 15) is 62.3 Å². The van der Waals surface area contributed by atoms with E-state index in [0.29, 0.717) is 18.8 Å². The third-order valence-corrected chi connectivity index (χ3v) is 14.3. The zero-order chi connectivity index (χ0) is 65.2. The molecule has 2 aliphatic carbocycles. The highest BCUT2D eigenvalue weighted by atomic mass is 19.4. The molecule has 0 heterocycles. The van der Waals surface area contributed by atoms with Crippen LogP contribution in [0.2, 0.25) is 0 Å². The maximum Gasteiger partial charge on any atom is 0.490 e. The molecule has 1 aromatic rings. The van der Waals surface area contributed by atoms with Crippen LogP contribution in [-0.2, 0) is 35.8 Å². The van der Waals surface area contributed by atoms with Crippen molar-refractivity contribution >= 4 is 35.9 Å². The molecule has 3 atom stereocenters. The van der Waals surface area contributed by atoms with E-state index in [2.05, 4.69) is 47.2 Å². The summed E-state index contributed by atoms with van der Waals surface area (Å²) in [5.74, 6) is -9.98. The van der Waals surface area contributed by atoms with Crippen LogP contribution in [-0.4, -0.2) is 133 Å². The number of carbonyl (C=O) groups excluding carboxylic acids is 2. The van der Waals surface area contributed by atoms with Gasteiger partial charge in [-0.05, 0) is 138 Å². The highest BCUT2D eigenvalue weighted by molar-refractivity contribution is 5.83. The monoisotopic (exact) mass is 1250 g/mol. The topological polar surface area (TPSA) is 293 Å². The van der Waals surface area contributed by atoms with Crippen molar-refractivity contribution in [2.75, 3.05) is 52.4 Å². The van der Waals surface area contributed by atoms with Crippen LogP contribution < -0.4 is 37.5 Å². The highest BCUT2D eigenvalue weighted by Crippen LogP contribution is 2.57. The number of carbonyl (C=O) groups is 6. The van der Waals surface area contributed by atoms with Gasteiger partial charge in [0.05, 0.1) is 5.41 Å². The Morgan fingerprint density at radius 2 is 0.824 bits per heavy atom. The number of carboxylic acid groups (broad SMARTS) is 4. The summed E-state index contributed by atoms with van der Waals surface area (Å²) in [6, 6.07) is 6.16. The SMILES string of the molecule is C[C@]1(C(=O)NCCCNCCCCCCCCCCCCN)CCC[C@]2(C)c3cc(OC(=O)NCCCNCCCCCCCCCCCCN)ccc3CC[C@@H]12.O=C(O)C(F)(F)F.O=C(O)C(F)(F)F.O=C(O)C(F)(F)F.O=C(O)C(F)(F)F. The van der Waals surface area contributed by atoms with Crippen LogP contribution in [0, 0.1) is 11.3 Å². The Kier molecular flexibility index (Phi) is 42.7. The van der Waals surface area contributed by atoms with Gasteiger partial charge in [0.1, 0.15) is 5.75 Å². The van der Waals surface area contributed by atoms with Crippen LogP contribution in [0.1, 0.15) is 192 Å². The molecular formula is C56H92F12N6O11. The maximum atomic E-state index is 13.9. The van der Waals surface area contributed by atoms with Gasteiger partial charge in [-0.1, -0.05) is 129 Å². The van der Waals surface area contributed by atoms with Crippen molar-refractivity contribution in [1.82, 2.24) is 21.3 Å². The van der Waals surface area contributed by atoms with Crippen LogP contribution in [0.3, 0.4) is 0 Å². The Morgan fingerprint density at radius 3 is 1.18 bits per heavy atom. The molecule has 3 rings (SSSR count). The van der Waals surface area contributed by atoms with E-state index < -0.39 is 60.1 Å². The van der Waals surface area contributed by atoms with Crippen LogP contribution >= 0.6 is 0 Å². The average molecular weight is 1250 g/mol. The highest BCUT2D eigenvalue weighted by Gasteiger charge is 2.55. The van der Waals surface area contributed by atoms with Crippen LogP contribution in [0.25, 0.3) is 0 Å². The number of alkyl halides is 12. The van der Waals surface area contributed by atoms with Crippen molar-refractivity contribution < 1.29 is 107 Å². The molecule has 17 nitrogen and oxygen atoms in total. The third kappa shape index (κ3) is 39.3. The number of fused-ring (bicyclic) bond motifs is 3. The molecule has 0 radical (unpaired) electrons. The molecule has 2 amide bonds. The Bertz CT molecular complexity index is 1940. The van der Waals surface area contributed by atoms with Crippen LogP contribution in [0.4, 0.5) is 57.5 Å². The fourth-order valence-electron chi connectivity index (χ4n) is 9.81. The fourth-order valence-corrected chi connectivity index (χ4v) is 9.81. The van der Waals surface area contributed by atoms with Gasteiger partial charge >= 0.3 is 54.7 Å². The first-order valence-electron chi connectivity index (χ1n) is 29.0. The van der Waals surface area contributed by atoms with Gasteiger partial charge in [-0.2, -0.15) is 52.7 Å². The van der Waals surface area contributed by atoms with Gasteiger partial charge in [0.15, 0.2) is 0 Å². The Morgan fingerprint density at radius 1 is 0.494 bits per heavy atom. The summed E-state index contributed by atoms with van der Waals surface area (Å²) < 4.78 is 133. The summed E-state index contributed by atoms with van der Waals surface area (Å²) in [4.78, 5) is 62.2. The molecule has 0 spiro atoms. The first kappa shape index (κ1) is 81.9. The van der Waals surface area contributed by atoms with E-state index >= 15 is 0 Å². The molecule has 0 aromatic heterocycles. The molecule has 12 N–H and O–H groups in total. The number of hydrogen-bond acceptors (Lipinski definition) is 11. The number of amides is 2. The lowest BCUT2D eigenvalue weighted by atomic mass is 9.49. The Balaban J connectivity index is 0. The third-order valence-electron chi connectivity index (χ3n) is 14.3. The Hall–Kier alpha value is -5.16. The number of aliphatic carboxylic acids is 4. The van der Waals surface area contributed by atoms with Crippen molar-refractivity contribution in [1.29, 1.82) is 0 Å². The summed E-state index contributed by atoms with van der Waals surface area (Å²) in [5, 5.41) is 41.9. The lowest BCUT2D eigenvalue weighted by molar-refractivity contribution is -0.193. The van der Waals surface area contributed by atoms with Gasteiger partial charge in [-0.25, -0.2) is 24.0 Å². The van der Waals surface area contributed by atoms with E-state index in [-0.39, 0.29) is 17.2 Å². The fraction of sp³-hybridized carbons (Fsp3) is 0.786. The second kappa shape index (κ2) is 44.3. The summed E-state index contributed by atoms with van der Waals surface area (Å²) in [6.07, 6.45) is 12.2. The predicted octanol–water partition coefficient (Wildman–Crippen LogP) is 12.1. The van der Waals surface area contributed by atoms with E-state index in [4.69, 9.17) is 55.8 Å². The van der Waals surface area contributed by atoms with E-state index in [0.717, 1.165) is 84.2 Å². The van der Waals surface area contributed by atoms with Crippen molar-refractivity contribution in [3.63, 3.8) is 0 Å². The molecule has 0 unspecified atom stereocenters. The van der Waals surface area contributed by atoms with Crippen molar-refractivity contribution in [2.24, 2.45) is 22.8 Å². The molecule has 85 heavy (non-hydrogen) atoms. The van der Waals surface area contributed by atoms with Gasteiger partial charge in [-0.3, -0.25) is 4.79 Å². The molecule has 2 aliphatic rings.